The molecule has 0 spiro atoms. The number of benzene rings is 3. The Morgan fingerprint density at radius 3 is 2.38 bits per heavy atom. The molecule has 0 aliphatic carbocycles. The second-order valence-electron chi connectivity index (χ2n) is 10.8. The highest BCUT2D eigenvalue weighted by Gasteiger charge is 2.17. The van der Waals surface area contributed by atoms with Crippen LogP contribution in [0.3, 0.4) is 0 Å². The van der Waals surface area contributed by atoms with Crippen LogP contribution >= 0.6 is 15.9 Å². The predicted molar refractivity (Wildman–Crippen MR) is 164 cm³/mol. The molecule has 2 aliphatic heterocycles. The number of hydrogen-bond acceptors (Lipinski definition) is 5. The van der Waals surface area contributed by atoms with Crippen LogP contribution in [-0.4, -0.2) is 62.2 Å². The van der Waals surface area contributed by atoms with Crippen molar-refractivity contribution in [2.45, 2.75) is 45.8 Å². The van der Waals surface area contributed by atoms with E-state index in [0.29, 0.717) is 6.61 Å². The summed E-state index contributed by atoms with van der Waals surface area (Å²) in [5, 5.41) is 3.43. The van der Waals surface area contributed by atoms with Gasteiger partial charge in [-0.2, -0.15) is 0 Å². The first-order valence-corrected chi connectivity index (χ1v) is 15.3. The first-order chi connectivity index (χ1) is 19.2. The SMILES string of the molecule is Cc1c(COc2cc(OCCCN3CCNCC3)c(CN3CCCCC3)cc2Br)cccc1-c1ccccc1. The number of hydrogen-bond donors (Lipinski definition) is 1. The van der Waals surface area contributed by atoms with Crippen LogP contribution in [0.25, 0.3) is 11.1 Å². The molecule has 0 radical (unpaired) electrons. The minimum Gasteiger partial charge on any atom is -0.493 e. The van der Waals surface area contributed by atoms with Crippen LogP contribution in [0.2, 0.25) is 0 Å². The lowest BCUT2D eigenvalue weighted by Crippen LogP contribution is -2.44. The van der Waals surface area contributed by atoms with Crippen molar-refractivity contribution < 1.29 is 9.47 Å². The fraction of sp³-hybridized carbons (Fsp3) is 0.455. The summed E-state index contributed by atoms with van der Waals surface area (Å²) in [5.74, 6) is 1.79. The summed E-state index contributed by atoms with van der Waals surface area (Å²) in [4.78, 5) is 5.08. The van der Waals surface area contributed by atoms with Gasteiger partial charge in [-0.1, -0.05) is 55.0 Å². The maximum atomic E-state index is 6.45. The van der Waals surface area contributed by atoms with Crippen LogP contribution in [0.5, 0.6) is 11.5 Å². The molecule has 0 bridgehead atoms. The van der Waals surface area contributed by atoms with Crippen molar-refractivity contribution >= 4 is 15.9 Å². The number of nitrogens with one attached hydrogen (secondary N) is 1. The van der Waals surface area contributed by atoms with Gasteiger partial charge in [0, 0.05) is 50.9 Å². The van der Waals surface area contributed by atoms with Gasteiger partial charge in [0.1, 0.15) is 18.1 Å². The molecule has 3 aromatic carbocycles. The maximum Gasteiger partial charge on any atom is 0.137 e. The fourth-order valence-corrected chi connectivity index (χ4v) is 6.14. The summed E-state index contributed by atoms with van der Waals surface area (Å²) in [5.41, 5.74) is 6.17. The molecule has 0 saturated carbocycles. The molecule has 5 nitrogen and oxygen atoms in total. The van der Waals surface area contributed by atoms with Gasteiger partial charge in [0.25, 0.3) is 0 Å². The largest absolute Gasteiger partial charge is 0.493 e. The lowest BCUT2D eigenvalue weighted by molar-refractivity contribution is 0.204. The Hall–Kier alpha value is -2.38. The summed E-state index contributed by atoms with van der Waals surface area (Å²) < 4.78 is 13.9. The van der Waals surface area contributed by atoms with Crippen molar-refractivity contribution in [3.05, 3.63) is 81.8 Å². The highest BCUT2D eigenvalue weighted by atomic mass is 79.9. The maximum absolute atomic E-state index is 6.45. The molecule has 2 heterocycles. The number of ether oxygens (including phenoxy) is 2. The van der Waals surface area contributed by atoms with Gasteiger partial charge in [0.05, 0.1) is 11.1 Å². The third kappa shape index (κ3) is 7.85. The molecule has 1 N–H and O–H groups in total. The zero-order valence-corrected chi connectivity index (χ0v) is 24.8. The van der Waals surface area contributed by atoms with Crippen LogP contribution in [0.4, 0.5) is 0 Å². The lowest BCUT2D eigenvalue weighted by atomic mass is 9.97. The average molecular weight is 593 g/mol. The van der Waals surface area contributed by atoms with Gasteiger partial charge in [-0.3, -0.25) is 4.90 Å². The van der Waals surface area contributed by atoms with E-state index in [-0.39, 0.29) is 0 Å². The summed E-state index contributed by atoms with van der Waals surface area (Å²) in [6, 6.07) is 21.3. The predicted octanol–water partition coefficient (Wildman–Crippen LogP) is 6.66. The Balaban J connectivity index is 1.28. The monoisotopic (exact) mass is 591 g/mol. The Morgan fingerprint density at radius 1 is 0.795 bits per heavy atom. The Labute approximate surface area is 242 Å². The van der Waals surface area contributed by atoms with Gasteiger partial charge in [-0.05, 0) is 83.5 Å². The summed E-state index contributed by atoms with van der Waals surface area (Å²) >= 11 is 3.81. The summed E-state index contributed by atoms with van der Waals surface area (Å²) in [6.45, 7) is 12.2. The van der Waals surface area contributed by atoms with E-state index in [0.717, 1.165) is 81.4 Å². The average Bonchev–Trinajstić information content (AvgIpc) is 2.98. The Kier molecular flexibility index (Phi) is 10.3. The van der Waals surface area contributed by atoms with Gasteiger partial charge >= 0.3 is 0 Å². The molecule has 6 heteroatoms. The Bertz CT molecular complexity index is 1190. The minimum atomic E-state index is 0.513. The van der Waals surface area contributed by atoms with E-state index in [1.165, 1.54) is 47.1 Å². The number of halogens is 1. The third-order valence-electron chi connectivity index (χ3n) is 7.96. The van der Waals surface area contributed by atoms with Gasteiger partial charge < -0.3 is 19.7 Å². The van der Waals surface area contributed by atoms with Gasteiger partial charge in [-0.25, -0.2) is 0 Å². The van der Waals surface area contributed by atoms with Crippen LogP contribution in [0, 0.1) is 6.92 Å². The molecule has 2 fully saturated rings. The van der Waals surface area contributed by atoms with Crippen LogP contribution < -0.4 is 14.8 Å². The lowest BCUT2D eigenvalue weighted by Gasteiger charge is -2.28. The van der Waals surface area contributed by atoms with Crippen molar-refractivity contribution in [3.63, 3.8) is 0 Å². The molecule has 2 aliphatic rings. The van der Waals surface area contributed by atoms with Crippen LogP contribution in [0.15, 0.2) is 65.1 Å². The molecule has 3 aromatic rings. The fourth-order valence-electron chi connectivity index (χ4n) is 5.63. The van der Waals surface area contributed by atoms with Crippen LogP contribution in [0.1, 0.15) is 42.4 Å². The molecule has 5 rings (SSSR count). The topological polar surface area (TPSA) is 37.0 Å². The van der Waals surface area contributed by atoms with E-state index < -0.39 is 0 Å². The standard InChI is InChI=1S/C33H42BrN3O2/c1-26-28(12-8-13-30(26)27-10-4-2-5-11-27)25-39-33-23-32(38-21-9-18-36-19-14-35-15-20-36)29(22-31(33)34)24-37-16-6-3-7-17-37/h2,4-5,8,10-13,22-23,35H,3,6-7,9,14-21,24-25H2,1H3. The minimum absolute atomic E-state index is 0.513. The molecule has 0 amide bonds. The smallest absolute Gasteiger partial charge is 0.137 e. The van der Waals surface area contributed by atoms with Crippen LogP contribution in [-0.2, 0) is 13.2 Å². The van der Waals surface area contributed by atoms with Gasteiger partial charge in [0.2, 0.25) is 0 Å². The molecular formula is C33H42BrN3O2. The first kappa shape index (κ1) is 28.2. The number of likely N-dealkylation sites (tertiary alicyclic amines) is 1. The highest BCUT2D eigenvalue weighted by molar-refractivity contribution is 9.10. The zero-order valence-electron chi connectivity index (χ0n) is 23.3. The summed E-state index contributed by atoms with van der Waals surface area (Å²) in [6.07, 6.45) is 4.93. The number of rotatable bonds is 11. The second kappa shape index (κ2) is 14.3. The zero-order chi connectivity index (χ0) is 26.9. The number of piperidine rings is 1. The van der Waals surface area contributed by atoms with Gasteiger partial charge in [-0.15, -0.1) is 0 Å². The molecule has 0 atom stereocenters. The molecule has 0 aromatic heterocycles. The number of nitrogens with zero attached hydrogens (tertiary/aromatic N) is 2. The van der Waals surface area contributed by atoms with Crippen molar-refractivity contribution in [1.29, 1.82) is 0 Å². The van der Waals surface area contributed by atoms with E-state index >= 15 is 0 Å². The molecule has 39 heavy (non-hydrogen) atoms. The van der Waals surface area contributed by atoms with Gasteiger partial charge in [0.15, 0.2) is 0 Å². The molecule has 0 unspecified atom stereocenters. The number of piperazine rings is 1. The first-order valence-electron chi connectivity index (χ1n) is 14.5. The summed E-state index contributed by atoms with van der Waals surface area (Å²) in [7, 11) is 0. The molecular weight excluding hydrogens is 550 g/mol. The van der Waals surface area contributed by atoms with E-state index in [1.54, 1.807) is 0 Å². The Morgan fingerprint density at radius 2 is 1.59 bits per heavy atom. The molecule has 2 saturated heterocycles. The van der Waals surface area contributed by atoms with Crippen molar-refractivity contribution in [2.24, 2.45) is 0 Å². The van der Waals surface area contributed by atoms with E-state index in [1.807, 2.05) is 0 Å². The quantitative estimate of drug-likeness (QED) is 0.252. The van der Waals surface area contributed by atoms with E-state index in [9.17, 15) is 0 Å². The van der Waals surface area contributed by atoms with E-state index in [4.69, 9.17) is 9.47 Å². The third-order valence-corrected chi connectivity index (χ3v) is 8.58. The van der Waals surface area contributed by atoms with Crippen molar-refractivity contribution in [1.82, 2.24) is 15.1 Å². The second-order valence-corrected chi connectivity index (χ2v) is 11.6. The normalized spacial score (nSPS) is 16.8. The van der Waals surface area contributed by atoms with Crippen molar-refractivity contribution in [3.8, 4) is 22.6 Å². The van der Waals surface area contributed by atoms with Crippen molar-refractivity contribution in [2.75, 3.05) is 52.4 Å². The molecule has 208 valence electrons. The highest BCUT2D eigenvalue weighted by Crippen LogP contribution is 2.35. The van der Waals surface area contributed by atoms with E-state index in [2.05, 4.69) is 98.6 Å².